The van der Waals surface area contributed by atoms with Gasteiger partial charge in [-0.05, 0) is 13.8 Å². The van der Waals surface area contributed by atoms with Crippen molar-refractivity contribution in [2.45, 2.75) is 39.5 Å². The van der Waals surface area contributed by atoms with E-state index in [9.17, 15) is 4.79 Å². The van der Waals surface area contributed by atoms with Gasteiger partial charge in [0.25, 0.3) is 0 Å². The van der Waals surface area contributed by atoms with E-state index in [1.54, 1.807) is 0 Å². The third-order valence-electron chi connectivity index (χ3n) is 1.16. The maximum atomic E-state index is 11.3. The number of rotatable bonds is 2. The quantitative estimate of drug-likeness (QED) is 0.349. The van der Waals surface area contributed by atoms with Crippen LogP contribution >= 0.6 is 12.6 Å². The van der Waals surface area contributed by atoms with Crippen LogP contribution in [-0.2, 0) is 4.79 Å². The number of amides is 1. The van der Waals surface area contributed by atoms with E-state index < -0.39 is 0 Å². The molecule has 0 atom stereocenters. The van der Waals surface area contributed by atoms with Gasteiger partial charge in [0, 0.05) is 5.41 Å². The number of hydrogen-bond donors (Lipinski definition) is 3. The fraction of sp³-hybridized carbons (Fsp3) is 0.875. The van der Waals surface area contributed by atoms with Crippen molar-refractivity contribution < 1.29 is 4.79 Å². The normalized spacial score (nSPS) is 12.8. The summed E-state index contributed by atoms with van der Waals surface area (Å²) in [5.74, 6) is -0.0374. The Morgan fingerprint density at radius 2 is 1.58 bits per heavy atom. The van der Waals surface area contributed by atoms with Gasteiger partial charge in [0.15, 0.2) is 0 Å². The molecule has 0 saturated carbocycles. The maximum Gasteiger partial charge on any atom is 0.239 e. The Balaban J connectivity index is 3.90. The molecule has 0 radical (unpaired) electrons. The van der Waals surface area contributed by atoms with E-state index in [2.05, 4.69) is 23.5 Å². The molecule has 0 rings (SSSR count). The Morgan fingerprint density at radius 3 is 1.83 bits per heavy atom. The summed E-state index contributed by atoms with van der Waals surface area (Å²) in [6.07, 6.45) is 0. The van der Waals surface area contributed by atoms with Crippen LogP contribution in [0.1, 0.15) is 34.6 Å². The minimum atomic E-state index is -0.388. The highest BCUT2D eigenvalue weighted by atomic mass is 32.1. The summed E-state index contributed by atoms with van der Waals surface area (Å²) >= 11 is 4.20. The van der Waals surface area contributed by atoms with Crippen LogP contribution in [0.2, 0.25) is 0 Å². The summed E-state index contributed by atoms with van der Waals surface area (Å²) in [5.41, 5.74) is 5.02. The molecule has 0 aromatic heterocycles. The second-order valence-corrected chi connectivity index (χ2v) is 5.51. The number of thiol groups is 1. The highest BCUT2D eigenvalue weighted by Gasteiger charge is 2.22. The monoisotopic (exact) mass is 190 g/mol. The summed E-state index contributed by atoms with van der Waals surface area (Å²) in [6, 6.07) is 0. The van der Waals surface area contributed by atoms with Gasteiger partial charge in [0.05, 0.1) is 4.87 Å². The first-order valence-corrected chi connectivity index (χ1v) is 4.37. The first-order valence-electron chi connectivity index (χ1n) is 3.93. The molecule has 3 nitrogen and oxygen atoms in total. The number of nitrogens with one attached hydrogen (secondary N) is 2. The van der Waals surface area contributed by atoms with Crippen LogP contribution in [0.4, 0.5) is 0 Å². The van der Waals surface area contributed by atoms with E-state index in [4.69, 9.17) is 0 Å². The van der Waals surface area contributed by atoms with Crippen molar-refractivity contribution in [3.63, 3.8) is 0 Å². The van der Waals surface area contributed by atoms with Crippen LogP contribution in [0, 0.1) is 5.41 Å². The van der Waals surface area contributed by atoms with Crippen molar-refractivity contribution in [2.24, 2.45) is 5.41 Å². The van der Waals surface area contributed by atoms with Gasteiger partial charge in [0.2, 0.25) is 5.91 Å². The van der Waals surface area contributed by atoms with Gasteiger partial charge in [-0.2, -0.15) is 12.6 Å². The van der Waals surface area contributed by atoms with Gasteiger partial charge in [-0.3, -0.25) is 10.2 Å². The van der Waals surface area contributed by atoms with Crippen molar-refractivity contribution in [3.05, 3.63) is 0 Å². The topological polar surface area (TPSA) is 41.1 Å². The Hall–Kier alpha value is -0.220. The molecule has 0 saturated heterocycles. The van der Waals surface area contributed by atoms with Crippen molar-refractivity contribution in [3.8, 4) is 0 Å². The van der Waals surface area contributed by atoms with Crippen molar-refractivity contribution in [1.29, 1.82) is 0 Å². The molecule has 0 aromatic carbocycles. The Labute approximate surface area is 79.7 Å². The zero-order valence-corrected chi connectivity index (χ0v) is 9.25. The van der Waals surface area contributed by atoms with E-state index in [1.807, 2.05) is 34.6 Å². The van der Waals surface area contributed by atoms with Gasteiger partial charge >= 0.3 is 0 Å². The second kappa shape index (κ2) is 3.66. The SMILES string of the molecule is CC(C)(S)NNC(=O)C(C)(C)C. The minimum absolute atomic E-state index is 0.0374. The molecule has 0 bridgehead atoms. The smallest absolute Gasteiger partial charge is 0.239 e. The molecular formula is C8H18N2OS. The molecule has 0 aliphatic rings. The van der Waals surface area contributed by atoms with Crippen molar-refractivity contribution >= 4 is 18.5 Å². The van der Waals surface area contributed by atoms with Crippen LogP contribution in [0.3, 0.4) is 0 Å². The molecule has 72 valence electrons. The van der Waals surface area contributed by atoms with Crippen LogP contribution in [-0.4, -0.2) is 10.8 Å². The zero-order chi connectivity index (χ0) is 9.99. The van der Waals surface area contributed by atoms with E-state index >= 15 is 0 Å². The summed E-state index contributed by atoms with van der Waals surface area (Å²) in [6.45, 7) is 9.29. The predicted molar refractivity (Wildman–Crippen MR) is 53.8 cm³/mol. The van der Waals surface area contributed by atoms with Gasteiger partial charge < -0.3 is 0 Å². The van der Waals surface area contributed by atoms with Gasteiger partial charge in [-0.15, -0.1) is 0 Å². The molecule has 0 spiro atoms. The molecule has 0 aliphatic heterocycles. The van der Waals surface area contributed by atoms with Crippen molar-refractivity contribution in [2.75, 3.05) is 0 Å². The summed E-state index contributed by atoms with van der Waals surface area (Å²) < 4.78 is 0. The van der Waals surface area contributed by atoms with Crippen LogP contribution in [0.25, 0.3) is 0 Å². The minimum Gasteiger partial charge on any atom is -0.290 e. The molecule has 0 fully saturated rings. The average molecular weight is 190 g/mol. The molecule has 12 heavy (non-hydrogen) atoms. The van der Waals surface area contributed by atoms with E-state index in [0.717, 1.165) is 0 Å². The highest BCUT2D eigenvalue weighted by molar-refractivity contribution is 7.81. The lowest BCUT2D eigenvalue weighted by Gasteiger charge is -2.24. The number of hydrazine groups is 1. The van der Waals surface area contributed by atoms with Gasteiger partial charge in [-0.25, -0.2) is 5.43 Å². The molecule has 2 N–H and O–H groups in total. The number of carbonyl (C=O) groups is 1. The molecule has 0 aliphatic carbocycles. The van der Waals surface area contributed by atoms with Crippen LogP contribution in [0.5, 0.6) is 0 Å². The van der Waals surface area contributed by atoms with E-state index in [1.165, 1.54) is 0 Å². The third kappa shape index (κ3) is 5.43. The fourth-order valence-electron chi connectivity index (χ4n) is 0.397. The van der Waals surface area contributed by atoms with Gasteiger partial charge in [0.1, 0.15) is 0 Å². The van der Waals surface area contributed by atoms with Crippen molar-refractivity contribution in [1.82, 2.24) is 10.9 Å². The molecule has 0 heterocycles. The lowest BCUT2D eigenvalue weighted by atomic mass is 9.96. The lowest BCUT2D eigenvalue weighted by Crippen LogP contribution is -2.50. The van der Waals surface area contributed by atoms with Crippen LogP contribution < -0.4 is 10.9 Å². The summed E-state index contributed by atoms with van der Waals surface area (Å²) in [7, 11) is 0. The number of carbonyl (C=O) groups excluding carboxylic acids is 1. The average Bonchev–Trinajstić information content (AvgIpc) is 1.78. The summed E-state index contributed by atoms with van der Waals surface area (Å²) in [5, 5.41) is 0. The maximum absolute atomic E-state index is 11.3. The molecule has 0 unspecified atom stereocenters. The Kier molecular flexibility index (Phi) is 3.59. The first kappa shape index (κ1) is 11.8. The van der Waals surface area contributed by atoms with Crippen LogP contribution in [0.15, 0.2) is 0 Å². The van der Waals surface area contributed by atoms with Gasteiger partial charge in [-0.1, -0.05) is 20.8 Å². The molecular weight excluding hydrogens is 172 g/mol. The highest BCUT2D eigenvalue weighted by Crippen LogP contribution is 2.12. The number of hydrogen-bond acceptors (Lipinski definition) is 3. The lowest BCUT2D eigenvalue weighted by molar-refractivity contribution is -0.129. The largest absolute Gasteiger partial charge is 0.290 e. The zero-order valence-electron chi connectivity index (χ0n) is 8.36. The fourth-order valence-corrected chi connectivity index (χ4v) is 0.453. The molecule has 0 aromatic rings. The molecule has 4 heteroatoms. The Morgan fingerprint density at radius 1 is 1.17 bits per heavy atom. The third-order valence-corrected chi connectivity index (χ3v) is 1.27. The molecule has 1 amide bonds. The van der Waals surface area contributed by atoms with E-state index in [-0.39, 0.29) is 16.2 Å². The Bertz CT molecular complexity index is 167. The predicted octanol–water partition coefficient (Wildman–Crippen LogP) is 1.32. The van der Waals surface area contributed by atoms with E-state index in [0.29, 0.717) is 0 Å². The second-order valence-electron chi connectivity index (χ2n) is 4.39. The summed E-state index contributed by atoms with van der Waals surface area (Å²) in [4.78, 5) is 10.9. The standard InChI is InChI=1S/C8H18N2OS/c1-7(2,3)6(11)9-10-8(4,5)12/h10,12H,1-5H3,(H,9,11). The first-order chi connectivity index (χ1) is 5.13.